The number of hydrogen-bond acceptors (Lipinski definition) is 7. The molecule has 4 rings (SSSR count). The molecule has 204 valence electrons. The molecule has 0 aromatic heterocycles. The van der Waals surface area contributed by atoms with Crippen LogP contribution in [0.2, 0.25) is 0 Å². The minimum Gasteiger partial charge on any atom is -0.497 e. The summed E-state index contributed by atoms with van der Waals surface area (Å²) in [6.45, 7) is 9.72. The Labute approximate surface area is 239 Å². The molecule has 3 aromatic carbocycles. The van der Waals surface area contributed by atoms with E-state index in [1.165, 1.54) is 22.2 Å². The van der Waals surface area contributed by atoms with Crippen molar-refractivity contribution in [3.63, 3.8) is 0 Å². The van der Waals surface area contributed by atoms with Crippen molar-refractivity contribution in [2.75, 3.05) is 31.8 Å². The molecular weight excluding hydrogens is 530 g/mol. The predicted octanol–water partition coefficient (Wildman–Crippen LogP) is 7.26. The van der Waals surface area contributed by atoms with Gasteiger partial charge in [0.25, 0.3) is 5.91 Å². The largest absolute Gasteiger partial charge is 0.497 e. The Morgan fingerprint density at radius 2 is 1.54 bits per heavy atom. The molecular formula is C31H33NO5S2. The SMILES string of the molecule is CCOc1cc(/C=C2/SC(=S)N(c3ccc(OC)cc3)C2=O)ccc1OCCOc1ccc(C(C)(C)C)cc1. The van der Waals surface area contributed by atoms with Crippen LogP contribution in [0.3, 0.4) is 0 Å². The van der Waals surface area contributed by atoms with Crippen LogP contribution in [0.4, 0.5) is 5.69 Å². The molecule has 0 bridgehead atoms. The molecule has 1 saturated heterocycles. The Hall–Kier alpha value is -3.49. The molecule has 0 unspecified atom stereocenters. The number of thiocarbonyl (C=S) groups is 1. The van der Waals surface area contributed by atoms with E-state index in [1.807, 2.05) is 55.5 Å². The quantitative estimate of drug-likeness (QED) is 0.146. The van der Waals surface area contributed by atoms with Crippen LogP contribution >= 0.6 is 24.0 Å². The van der Waals surface area contributed by atoms with Gasteiger partial charge in [-0.2, -0.15) is 0 Å². The molecule has 0 spiro atoms. The van der Waals surface area contributed by atoms with Gasteiger partial charge in [-0.3, -0.25) is 9.69 Å². The summed E-state index contributed by atoms with van der Waals surface area (Å²) in [6, 6.07) is 21.0. The van der Waals surface area contributed by atoms with E-state index in [2.05, 4.69) is 32.9 Å². The monoisotopic (exact) mass is 563 g/mol. The van der Waals surface area contributed by atoms with Crippen molar-refractivity contribution >= 4 is 46.0 Å². The first-order valence-electron chi connectivity index (χ1n) is 12.7. The molecule has 0 radical (unpaired) electrons. The third kappa shape index (κ3) is 7.13. The zero-order valence-electron chi connectivity index (χ0n) is 22.9. The average molecular weight is 564 g/mol. The summed E-state index contributed by atoms with van der Waals surface area (Å²) in [4.78, 5) is 15.2. The average Bonchev–Trinajstić information content (AvgIpc) is 3.19. The van der Waals surface area contributed by atoms with Gasteiger partial charge in [-0.25, -0.2) is 0 Å². The van der Waals surface area contributed by atoms with Gasteiger partial charge in [-0.15, -0.1) is 0 Å². The molecule has 1 aliphatic rings. The molecule has 3 aromatic rings. The van der Waals surface area contributed by atoms with Crippen LogP contribution in [0, 0.1) is 0 Å². The molecule has 1 fully saturated rings. The van der Waals surface area contributed by atoms with Crippen molar-refractivity contribution in [1.82, 2.24) is 0 Å². The van der Waals surface area contributed by atoms with Gasteiger partial charge in [0.15, 0.2) is 15.8 Å². The number of carbonyl (C=O) groups is 1. The first-order valence-corrected chi connectivity index (χ1v) is 14.0. The highest BCUT2D eigenvalue weighted by Gasteiger charge is 2.33. The van der Waals surface area contributed by atoms with E-state index in [4.69, 9.17) is 31.2 Å². The number of thioether (sulfide) groups is 1. The number of rotatable bonds is 10. The van der Waals surface area contributed by atoms with Crippen molar-refractivity contribution in [3.8, 4) is 23.0 Å². The summed E-state index contributed by atoms with van der Waals surface area (Å²) < 4.78 is 23.3. The molecule has 0 saturated carbocycles. The van der Waals surface area contributed by atoms with E-state index in [9.17, 15) is 4.79 Å². The molecule has 1 aliphatic heterocycles. The second-order valence-corrected chi connectivity index (χ2v) is 11.5. The van der Waals surface area contributed by atoms with E-state index in [0.717, 1.165) is 11.3 Å². The molecule has 6 nitrogen and oxygen atoms in total. The van der Waals surface area contributed by atoms with Gasteiger partial charge < -0.3 is 18.9 Å². The number of carbonyl (C=O) groups excluding carboxylic acids is 1. The summed E-state index contributed by atoms with van der Waals surface area (Å²) in [6.07, 6.45) is 1.82. The van der Waals surface area contributed by atoms with Gasteiger partial charge >= 0.3 is 0 Å². The number of anilines is 1. The second kappa shape index (κ2) is 12.6. The Balaban J connectivity index is 1.40. The van der Waals surface area contributed by atoms with Crippen molar-refractivity contribution < 1.29 is 23.7 Å². The number of benzene rings is 3. The minimum atomic E-state index is -0.166. The number of hydrogen-bond donors (Lipinski definition) is 0. The summed E-state index contributed by atoms with van der Waals surface area (Å²) >= 11 is 6.77. The normalized spacial score (nSPS) is 14.6. The van der Waals surface area contributed by atoms with Crippen LogP contribution in [-0.4, -0.2) is 37.2 Å². The fourth-order valence-corrected chi connectivity index (χ4v) is 5.24. The Morgan fingerprint density at radius 3 is 2.18 bits per heavy atom. The first-order chi connectivity index (χ1) is 18.7. The Morgan fingerprint density at radius 1 is 0.872 bits per heavy atom. The van der Waals surface area contributed by atoms with Gasteiger partial charge in [0.05, 0.1) is 24.3 Å². The van der Waals surface area contributed by atoms with Crippen molar-refractivity contribution in [2.45, 2.75) is 33.1 Å². The molecule has 8 heteroatoms. The number of nitrogens with zero attached hydrogens (tertiary/aromatic N) is 1. The molecule has 0 atom stereocenters. The van der Waals surface area contributed by atoms with Crippen LogP contribution in [0.15, 0.2) is 71.6 Å². The van der Waals surface area contributed by atoms with Crippen LogP contribution in [0.5, 0.6) is 23.0 Å². The third-order valence-electron chi connectivity index (χ3n) is 6.02. The van der Waals surface area contributed by atoms with Crippen molar-refractivity contribution in [3.05, 3.63) is 82.8 Å². The standard InChI is InChI=1S/C31H33NO5S2/c1-6-35-27-19-21(20-28-29(33)32(30(38)39-28)23-10-14-24(34-5)15-11-23)7-16-26(27)37-18-17-36-25-12-8-22(9-13-25)31(2,3)4/h7-16,19-20H,6,17-18H2,1-5H3/b28-20+. The maximum Gasteiger partial charge on any atom is 0.270 e. The molecule has 39 heavy (non-hydrogen) atoms. The van der Waals surface area contributed by atoms with E-state index in [1.54, 1.807) is 19.2 Å². The lowest BCUT2D eigenvalue weighted by Gasteiger charge is -2.19. The summed E-state index contributed by atoms with van der Waals surface area (Å²) in [5.41, 5.74) is 2.88. The Bertz CT molecular complexity index is 1340. The highest BCUT2D eigenvalue weighted by Crippen LogP contribution is 2.37. The van der Waals surface area contributed by atoms with Gasteiger partial charge in [-0.1, -0.05) is 63.0 Å². The highest BCUT2D eigenvalue weighted by atomic mass is 32.2. The third-order valence-corrected chi connectivity index (χ3v) is 7.32. The predicted molar refractivity (Wildman–Crippen MR) is 162 cm³/mol. The van der Waals surface area contributed by atoms with Gasteiger partial charge in [-0.05, 0) is 78.1 Å². The van der Waals surface area contributed by atoms with Crippen LogP contribution in [-0.2, 0) is 10.2 Å². The fraction of sp³-hybridized carbons (Fsp3) is 0.290. The summed E-state index contributed by atoms with van der Waals surface area (Å²) in [7, 11) is 1.60. The van der Waals surface area contributed by atoms with E-state index in [0.29, 0.717) is 52.0 Å². The number of amides is 1. The van der Waals surface area contributed by atoms with E-state index in [-0.39, 0.29) is 11.3 Å². The first kappa shape index (κ1) is 28.5. The van der Waals surface area contributed by atoms with E-state index >= 15 is 0 Å². The topological polar surface area (TPSA) is 57.2 Å². The molecule has 1 heterocycles. The van der Waals surface area contributed by atoms with Crippen molar-refractivity contribution in [1.29, 1.82) is 0 Å². The van der Waals surface area contributed by atoms with Crippen LogP contribution < -0.4 is 23.8 Å². The smallest absolute Gasteiger partial charge is 0.270 e. The summed E-state index contributed by atoms with van der Waals surface area (Å²) in [5, 5.41) is 0. The zero-order chi connectivity index (χ0) is 28.0. The highest BCUT2D eigenvalue weighted by molar-refractivity contribution is 8.27. The zero-order valence-corrected chi connectivity index (χ0v) is 24.5. The number of ether oxygens (including phenoxy) is 4. The van der Waals surface area contributed by atoms with E-state index < -0.39 is 0 Å². The lowest BCUT2D eigenvalue weighted by atomic mass is 9.87. The van der Waals surface area contributed by atoms with Crippen LogP contribution in [0.25, 0.3) is 6.08 Å². The van der Waals surface area contributed by atoms with Crippen molar-refractivity contribution in [2.24, 2.45) is 0 Å². The van der Waals surface area contributed by atoms with Gasteiger partial charge in [0.1, 0.15) is 24.7 Å². The lowest BCUT2D eigenvalue weighted by molar-refractivity contribution is -0.113. The molecule has 0 N–H and O–H groups in total. The maximum absolute atomic E-state index is 13.2. The van der Waals surface area contributed by atoms with Crippen LogP contribution in [0.1, 0.15) is 38.8 Å². The lowest BCUT2D eigenvalue weighted by Crippen LogP contribution is -2.27. The van der Waals surface area contributed by atoms with Gasteiger partial charge in [0, 0.05) is 0 Å². The summed E-state index contributed by atoms with van der Waals surface area (Å²) in [5.74, 6) is 2.57. The fourth-order valence-electron chi connectivity index (χ4n) is 3.94. The molecule has 1 amide bonds. The Kier molecular flexibility index (Phi) is 9.20. The number of methoxy groups -OCH3 is 1. The second-order valence-electron chi connectivity index (χ2n) is 9.83. The van der Waals surface area contributed by atoms with Gasteiger partial charge in [0.2, 0.25) is 0 Å². The minimum absolute atomic E-state index is 0.102. The maximum atomic E-state index is 13.2. The molecule has 0 aliphatic carbocycles.